The van der Waals surface area contributed by atoms with Gasteiger partial charge in [0.05, 0.1) is 19.2 Å². The van der Waals surface area contributed by atoms with E-state index in [0.29, 0.717) is 11.3 Å². The largest absolute Gasteiger partial charge is 0.508 e. The summed E-state index contributed by atoms with van der Waals surface area (Å²) < 4.78 is 0. The molecule has 0 saturated carbocycles. The predicted octanol–water partition coefficient (Wildman–Crippen LogP) is -3.94. The second kappa shape index (κ2) is 35.0. The number of aromatic nitrogens is 2. The van der Waals surface area contributed by atoms with Gasteiger partial charge in [0, 0.05) is 44.2 Å². The number of allylic oxidation sites excluding steroid dienone is 1. The van der Waals surface area contributed by atoms with Crippen molar-refractivity contribution in [1.29, 1.82) is 0 Å². The number of carbonyl (C=O) groups is 13. The minimum atomic E-state index is -1.75. The lowest BCUT2D eigenvalue weighted by atomic mass is 9.98. The van der Waals surface area contributed by atoms with Crippen LogP contribution in [0.25, 0.3) is 0 Å². The molecule has 1 aromatic carbocycles. The molecule has 10 atom stereocenters. The Balaban J connectivity index is 1.92. The van der Waals surface area contributed by atoms with Gasteiger partial charge in [0.25, 0.3) is 0 Å². The molecule has 2 aromatic rings. The zero-order chi connectivity index (χ0) is 65.2. The van der Waals surface area contributed by atoms with Crippen LogP contribution in [0.15, 0.2) is 53.9 Å². The van der Waals surface area contributed by atoms with Crippen LogP contribution in [0.4, 0.5) is 0 Å². The number of hydrogen-bond acceptors (Lipinski definition) is 16. The van der Waals surface area contributed by atoms with Crippen LogP contribution in [-0.2, 0) is 75.2 Å². The number of aromatic amines is 1. The number of hydrogen-bond donors (Lipinski definition) is 16. The lowest BCUT2D eigenvalue weighted by Gasteiger charge is -2.32. The topological polar surface area (TPSA) is 513 Å². The maximum Gasteiger partial charge on any atom is 0.325 e. The monoisotopic (exact) mass is 1220 g/mol. The van der Waals surface area contributed by atoms with Crippen LogP contribution in [0.5, 0.6) is 5.75 Å². The first-order chi connectivity index (χ1) is 40.9. The Morgan fingerprint density at radius 3 is 1.86 bits per heavy atom. The highest BCUT2D eigenvalue weighted by Gasteiger charge is 2.38. The molecule has 87 heavy (non-hydrogen) atoms. The summed E-state index contributed by atoms with van der Waals surface area (Å²) in [4.78, 5) is 186. The summed E-state index contributed by atoms with van der Waals surface area (Å²) in [5.41, 5.74) is 17.4. The van der Waals surface area contributed by atoms with Crippen LogP contribution < -0.4 is 65.1 Å². The SMILES string of the molecule is CC(C)C[C@H](NC(=O)[C@H](CC(N)=O)NC(=O)[C@H](C)N1C/C=C/CCC(=O)N[C@@H](CC(=O)O)C(=O)N[C@@H](C)C1=O)C(=O)N[C@H](C(=O)N[C@@H](CCCN=C(N)N)C(=O)N[C@@H](Cc1cnc[nH]1)C(=O)N[C@@H](Cc1ccc(O)cc1)C(=O)N[C@@H](C)C(=O)O)C(C)C. The first kappa shape index (κ1) is 71.6. The summed E-state index contributed by atoms with van der Waals surface area (Å²) in [7, 11) is 0. The van der Waals surface area contributed by atoms with Crippen molar-refractivity contribution >= 4 is 82.9 Å². The van der Waals surface area contributed by atoms with Crippen molar-refractivity contribution in [1.82, 2.24) is 62.7 Å². The van der Waals surface area contributed by atoms with Crippen LogP contribution in [-0.4, -0.2) is 187 Å². The van der Waals surface area contributed by atoms with E-state index in [4.69, 9.17) is 17.2 Å². The molecule has 0 radical (unpaired) electrons. The van der Waals surface area contributed by atoms with Crippen LogP contribution >= 0.6 is 0 Å². The van der Waals surface area contributed by atoms with Gasteiger partial charge >= 0.3 is 11.9 Å². The van der Waals surface area contributed by atoms with E-state index in [-0.39, 0.29) is 75.7 Å². The molecule has 0 aliphatic carbocycles. The van der Waals surface area contributed by atoms with Gasteiger partial charge < -0.3 is 90.3 Å². The number of carboxylic acids is 2. The number of amides is 11. The fraction of sp³-hybridized carbons (Fsp3) is 0.545. The number of nitrogens with two attached hydrogens (primary N) is 3. The van der Waals surface area contributed by atoms with Gasteiger partial charge in [-0.3, -0.25) is 67.3 Å². The molecular formula is C55H82N16O16. The molecule has 0 bridgehead atoms. The highest BCUT2D eigenvalue weighted by molar-refractivity contribution is 6.00. The number of aliphatic carboxylic acids is 2. The van der Waals surface area contributed by atoms with Crippen molar-refractivity contribution in [2.75, 3.05) is 13.1 Å². The van der Waals surface area contributed by atoms with Gasteiger partial charge in [-0.2, -0.15) is 0 Å². The number of nitrogens with one attached hydrogen (secondary N) is 10. The molecule has 32 heteroatoms. The fourth-order valence-electron chi connectivity index (χ4n) is 8.70. The molecule has 0 fully saturated rings. The summed E-state index contributed by atoms with van der Waals surface area (Å²) in [6, 6.07) is -9.09. The van der Waals surface area contributed by atoms with E-state index in [2.05, 4.69) is 62.8 Å². The van der Waals surface area contributed by atoms with E-state index in [1.807, 2.05) is 0 Å². The lowest BCUT2D eigenvalue weighted by molar-refractivity contribution is -0.144. The number of rotatable bonds is 31. The molecule has 19 N–H and O–H groups in total. The van der Waals surface area contributed by atoms with Crippen molar-refractivity contribution in [3.63, 3.8) is 0 Å². The molecule has 2 heterocycles. The van der Waals surface area contributed by atoms with E-state index in [1.165, 1.54) is 69.7 Å². The number of benzene rings is 1. The smallest absolute Gasteiger partial charge is 0.325 e. The molecule has 32 nitrogen and oxygen atoms in total. The number of H-pyrrole nitrogens is 1. The van der Waals surface area contributed by atoms with Gasteiger partial charge in [-0.15, -0.1) is 0 Å². The van der Waals surface area contributed by atoms with E-state index in [1.54, 1.807) is 27.7 Å². The third-order valence-electron chi connectivity index (χ3n) is 13.5. The lowest BCUT2D eigenvalue weighted by Crippen LogP contribution is -2.61. The summed E-state index contributed by atoms with van der Waals surface area (Å²) in [6.07, 6.45) is 3.46. The zero-order valence-corrected chi connectivity index (χ0v) is 49.5. The average molecular weight is 1220 g/mol. The predicted molar refractivity (Wildman–Crippen MR) is 310 cm³/mol. The Morgan fingerprint density at radius 1 is 0.713 bits per heavy atom. The summed E-state index contributed by atoms with van der Waals surface area (Å²) in [5.74, 6) is -14.3. The van der Waals surface area contributed by atoms with Crippen molar-refractivity contribution < 1.29 is 77.6 Å². The molecule has 0 unspecified atom stereocenters. The van der Waals surface area contributed by atoms with Gasteiger partial charge in [-0.1, -0.05) is 52.0 Å². The maximum absolute atomic E-state index is 14.5. The number of nitrogens with zero attached hydrogens (tertiary/aromatic N) is 3. The highest BCUT2D eigenvalue weighted by Crippen LogP contribution is 2.15. The van der Waals surface area contributed by atoms with Gasteiger partial charge in [0.15, 0.2) is 5.96 Å². The number of phenolic OH excluding ortho intramolecular Hbond substituents is 1. The Morgan fingerprint density at radius 2 is 1.29 bits per heavy atom. The average Bonchev–Trinajstić information content (AvgIpc) is 3.80. The van der Waals surface area contributed by atoms with Crippen LogP contribution in [0, 0.1) is 11.8 Å². The molecule has 478 valence electrons. The number of imidazole rings is 1. The number of guanidine groups is 1. The standard InChI is InChI=1S/C55H82N16O16/c1-27(2)20-36(67-50(82)39(23-41(56)73)66-45(77)31(7)71-19-10-8-9-13-42(74)64-40(24-43(75)76)48(80)62-29(5)53(71)85)51(83)70-44(28(3)4)52(84)65-35(12-11-18-60-55(57)58)46(78)69-38(22-33-25-59-26-61-33)49(81)68-37(47(79)63-30(6)54(86)87)21-32-14-16-34(72)17-15-32/h8,10,14-17,25-31,35-40,44,72H,9,11-13,18-24H2,1-7H3,(H2,56,73)(H,59,61)(H,62,80)(H,63,79)(H,64,74)(H,65,84)(H,66,77)(H,67,82)(H,68,81)(H,69,78)(H,70,83)(H,75,76)(H,86,87)(H4,57,58,60)/b10-8+/t29-,30-,31-,35-,36-,37-,38-,39-,40-,44-/m0/s1. The number of carbonyl (C=O) groups excluding carboxylic acids is 11. The van der Waals surface area contributed by atoms with Gasteiger partial charge in [0.2, 0.25) is 65.0 Å². The Kier molecular flexibility index (Phi) is 28.8. The highest BCUT2D eigenvalue weighted by atomic mass is 16.4. The van der Waals surface area contributed by atoms with Crippen molar-refractivity contribution in [3.8, 4) is 5.75 Å². The molecule has 1 aromatic heterocycles. The molecule has 0 spiro atoms. The summed E-state index contributed by atoms with van der Waals surface area (Å²) in [5, 5.41) is 51.2. The molecule has 1 aliphatic heterocycles. The molecule has 11 amide bonds. The molecular weight excluding hydrogens is 1140 g/mol. The second-order valence-corrected chi connectivity index (χ2v) is 21.6. The Labute approximate surface area is 501 Å². The minimum Gasteiger partial charge on any atom is -0.508 e. The first-order valence-corrected chi connectivity index (χ1v) is 28.1. The van der Waals surface area contributed by atoms with Crippen molar-refractivity contribution in [2.24, 2.45) is 34.0 Å². The normalized spacial score (nSPS) is 17.8. The number of aliphatic imine (C=N–C) groups is 1. The van der Waals surface area contributed by atoms with Gasteiger partial charge in [-0.05, 0) is 76.0 Å². The fourth-order valence-corrected chi connectivity index (χ4v) is 8.70. The van der Waals surface area contributed by atoms with E-state index in [0.717, 1.165) is 4.90 Å². The number of primary amides is 1. The van der Waals surface area contributed by atoms with E-state index in [9.17, 15) is 77.6 Å². The number of carboxylic acid groups (broad SMARTS) is 2. The minimum absolute atomic E-state index is 0.0213. The zero-order valence-electron chi connectivity index (χ0n) is 49.5. The first-order valence-electron chi connectivity index (χ1n) is 28.1. The van der Waals surface area contributed by atoms with E-state index < -0.39 is 156 Å². The van der Waals surface area contributed by atoms with Crippen molar-refractivity contribution in [3.05, 3.63) is 60.2 Å². The van der Waals surface area contributed by atoms with Crippen LogP contribution in [0.2, 0.25) is 0 Å². The third-order valence-corrected chi connectivity index (χ3v) is 13.5. The van der Waals surface area contributed by atoms with Crippen LogP contribution in [0.3, 0.4) is 0 Å². The molecule has 3 rings (SSSR count). The second-order valence-electron chi connectivity index (χ2n) is 21.6. The number of aromatic hydroxyl groups is 1. The molecule has 0 saturated heterocycles. The van der Waals surface area contributed by atoms with Gasteiger partial charge in [-0.25, -0.2) is 4.98 Å². The third kappa shape index (κ3) is 24.8. The number of phenols is 1. The van der Waals surface area contributed by atoms with Gasteiger partial charge in [0.1, 0.15) is 66.2 Å². The summed E-state index contributed by atoms with van der Waals surface area (Å²) >= 11 is 0. The van der Waals surface area contributed by atoms with Crippen LogP contribution in [0.1, 0.15) is 105 Å². The quantitative estimate of drug-likeness (QED) is 0.0148. The Hall–Kier alpha value is -9.65. The van der Waals surface area contributed by atoms with E-state index >= 15 is 0 Å². The maximum atomic E-state index is 14.5. The van der Waals surface area contributed by atoms with Crippen molar-refractivity contribution in [2.45, 2.75) is 167 Å². The summed E-state index contributed by atoms with van der Waals surface area (Å²) in [6.45, 7) is 10.1. The molecule has 1 aliphatic rings. The Bertz CT molecular complexity index is 2820.